The SMILES string of the molecule is C[C@@](Cc1c[nH]c2ccccc12)(NC(=O)OC1C2CC3CC(C2)CC1C3)C(=O)N(CCC(=O)O)CCc1ccccc1. The quantitative estimate of drug-likeness (QED) is 0.279. The Morgan fingerprint density at radius 3 is 2.31 bits per heavy atom. The fourth-order valence-electron chi connectivity index (χ4n) is 8.08. The van der Waals surface area contributed by atoms with E-state index in [-0.39, 0.29) is 31.4 Å². The van der Waals surface area contributed by atoms with Gasteiger partial charge in [-0.05, 0) is 86.3 Å². The Balaban J connectivity index is 1.25. The van der Waals surface area contributed by atoms with Crippen LogP contribution in [0.5, 0.6) is 0 Å². The van der Waals surface area contributed by atoms with Crippen LogP contribution in [0.2, 0.25) is 0 Å². The smallest absolute Gasteiger partial charge is 0.408 e. The number of aromatic amines is 1. The summed E-state index contributed by atoms with van der Waals surface area (Å²) in [5, 5.41) is 13.4. The third-order valence-corrected chi connectivity index (χ3v) is 9.85. The van der Waals surface area contributed by atoms with Gasteiger partial charge in [0.25, 0.3) is 0 Å². The highest BCUT2D eigenvalue weighted by Crippen LogP contribution is 2.54. The molecule has 2 amide bonds. The van der Waals surface area contributed by atoms with Gasteiger partial charge in [-0.3, -0.25) is 9.59 Å². The monoisotopic (exact) mass is 571 g/mol. The Labute approximate surface area is 246 Å². The van der Waals surface area contributed by atoms with Gasteiger partial charge in [0.15, 0.2) is 0 Å². The molecular formula is C34H41N3O5. The molecule has 4 fully saturated rings. The van der Waals surface area contributed by atoms with Crippen molar-refractivity contribution in [3.05, 3.63) is 71.9 Å². The number of ether oxygens (including phenoxy) is 1. The first-order chi connectivity index (χ1) is 20.3. The maximum Gasteiger partial charge on any atom is 0.408 e. The summed E-state index contributed by atoms with van der Waals surface area (Å²) in [6, 6.07) is 17.7. The molecule has 8 nitrogen and oxygen atoms in total. The van der Waals surface area contributed by atoms with Crippen molar-refractivity contribution >= 4 is 28.9 Å². The van der Waals surface area contributed by atoms with Crippen molar-refractivity contribution in [1.29, 1.82) is 0 Å². The molecule has 0 spiro atoms. The number of carboxylic acids is 1. The standard InChI is InChI=1S/C34H41N3O5/c1-34(20-27-21-35-29-10-6-5-9-28(27)29,32(40)37(14-12-30(38)39)13-11-22-7-3-2-4-8-22)36-33(41)42-31-25-16-23-15-24(18-25)19-26(31)17-23/h2-10,21,23-26,31,35H,11-20H2,1H3,(H,36,41)(H,38,39)/t23?,24?,25?,26?,31?,34-/m0/s1. The highest BCUT2D eigenvalue weighted by molar-refractivity contribution is 5.92. The zero-order valence-corrected chi connectivity index (χ0v) is 24.3. The summed E-state index contributed by atoms with van der Waals surface area (Å²) < 4.78 is 6.16. The third-order valence-electron chi connectivity index (χ3n) is 9.85. The molecule has 0 radical (unpaired) electrons. The number of amides is 2. The summed E-state index contributed by atoms with van der Waals surface area (Å²) >= 11 is 0. The molecule has 3 aromatic rings. The van der Waals surface area contributed by atoms with Crippen molar-refractivity contribution in [3.8, 4) is 0 Å². The molecule has 0 saturated heterocycles. The largest absolute Gasteiger partial charge is 0.481 e. The number of aliphatic carboxylic acids is 1. The molecule has 8 heteroatoms. The molecule has 4 bridgehead atoms. The zero-order valence-electron chi connectivity index (χ0n) is 24.3. The Morgan fingerprint density at radius 2 is 1.62 bits per heavy atom. The van der Waals surface area contributed by atoms with Gasteiger partial charge in [-0.25, -0.2) is 4.79 Å². The van der Waals surface area contributed by atoms with E-state index in [1.807, 2.05) is 60.8 Å². The van der Waals surface area contributed by atoms with Crippen LogP contribution in [0.25, 0.3) is 10.9 Å². The van der Waals surface area contributed by atoms with E-state index >= 15 is 0 Å². The van der Waals surface area contributed by atoms with Crippen molar-refractivity contribution in [3.63, 3.8) is 0 Å². The number of rotatable bonds is 11. The van der Waals surface area contributed by atoms with Crippen molar-refractivity contribution in [2.24, 2.45) is 23.7 Å². The summed E-state index contributed by atoms with van der Waals surface area (Å²) in [7, 11) is 0. The minimum absolute atomic E-state index is 0.0523. The molecule has 4 aliphatic rings. The lowest BCUT2D eigenvalue weighted by Gasteiger charge is -2.53. The second-order valence-corrected chi connectivity index (χ2v) is 13.0. The fourth-order valence-corrected chi connectivity index (χ4v) is 8.08. The number of hydrogen-bond acceptors (Lipinski definition) is 4. The summed E-state index contributed by atoms with van der Waals surface area (Å²) in [6.07, 6.45) is 7.66. The Morgan fingerprint density at radius 1 is 0.952 bits per heavy atom. The maximum absolute atomic E-state index is 14.4. The molecule has 0 unspecified atom stereocenters. The summed E-state index contributed by atoms with van der Waals surface area (Å²) in [5.74, 6) is 1.04. The van der Waals surface area contributed by atoms with Crippen molar-refractivity contribution < 1.29 is 24.2 Å². The number of carbonyl (C=O) groups excluding carboxylic acids is 2. The van der Waals surface area contributed by atoms with Gasteiger partial charge in [0.2, 0.25) is 5.91 Å². The number of carboxylic acid groups (broad SMARTS) is 1. The topological polar surface area (TPSA) is 112 Å². The zero-order chi connectivity index (χ0) is 29.3. The van der Waals surface area contributed by atoms with Gasteiger partial charge in [-0.15, -0.1) is 0 Å². The predicted molar refractivity (Wildman–Crippen MR) is 160 cm³/mol. The van der Waals surface area contributed by atoms with Crippen LogP contribution in [-0.4, -0.2) is 57.7 Å². The van der Waals surface area contributed by atoms with Gasteiger partial charge in [-0.1, -0.05) is 48.5 Å². The van der Waals surface area contributed by atoms with Crippen molar-refractivity contribution in [2.75, 3.05) is 13.1 Å². The molecule has 3 N–H and O–H groups in total. The molecule has 1 atom stereocenters. The first-order valence-electron chi connectivity index (χ1n) is 15.4. The molecule has 222 valence electrons. The number of para-hydroxylation sites is 1. The minimum atomic E-state index is -1.34. The number of aromatic nitrogens is 1. The highest BCUT2D eigenvalue weighted by atomic mass is 16.6. The number of nitrogens with one attached hydrogen (secondary N) is 2. The second-order valence-electron chi connectivity index (χ2n) is 13.0. The fraction of sp³-hybridized carbons (Fsp3) is 0.500. The summed E-state index contributed by atoms with van der Waals surface area (Å²) in [6.45, 7) is 2.13. The van der Waals surface area contributed by atoms with Crippen LogP contribution in [-0.2, 0) is 27.2 Å². The molecular weight excluding hydrogens is 530 g/mol. The summed E-state index contributed by atoms with van der Waals surface area (Å²) in [4.78, 5) is 44.4. The van der Waals surface area contributed by atoms with Gasteiger partial charge in [0.05, 0.1) is 6.42 Å². The Bertz CT molecular complexity index is 1410. The first-order valence-corrected chi connectivity index (χ1v) is 15.4. The number of H-pyrrole nitrogens is 1. The second kappa shape index (κ2) is 11.8. The van der Waals surface area contributed by atoms with Crippen LogP contribution in [0.4, 0.5) is 4.79 Å². The van der Waals surface area contributed by atoms with E-state index in [2.05, 4.69) is 10.3 Å². The molecule has 0 aliphatic heterocycles. The van der Waals surface area contributed by atoms with E-state index in [1.165, 1.54) is 6.42 Å². The van der Waals surface area contributed by atoms with Crippen LogP contribution in [0.15, 0.2) is 60.8 Å². The molecule has 2 aromatic carbocycles. The van der Waals surface area contributed by atoms with Gasteiger partial charge in [-0.2, -0.15) is 0 Å². The lowest BCUT2D eigenvalue weighted by atomic mass is 9.55. The van der Waals surface area contributed by atoms with Crippen molar-refractivity contribution in [2.45, 2.75) is 69.9 Å². The van der Waals surface area contributed by atoms with Gasteiger partial charge >= 0.3 is 12.1 Å². The lowest BCUT2D eigenvalue weighted by Crippen LogP contribution is -2.61. The molecule has 7 rings (SSSR count). The molecule has 4 aliphatic carbocycles. The number of hydrogen-bond donors (Lipinski definition) is 3. The van der Waals surface area contributed by atoms with Gasteiger partial charge < -0.3 is 25.0 Å². The minimum Gasteiger partial charge on any atom is -0.481 e. The highest BCUT2D eigenvalue weighted by Gasteiger charge is 2.50. The number of alkyl carbamates (subject to hydrolysis) is 1. The average molecular weight is 572 g/mol. The number of fused-ring (bicyclic) bond motifs is 1. The van der Waals surface area contributed by atoms with E-state index in [4.69, 9.17) is 4.74 Å². The van der Waals surface area contributed by atoms with E-state index in [9.17, 15) is 19.5 Å². The lowest BCUT2D eigenvalue weighted by molar-refractivity contribution is -0.141. The number of benzene rings is 2. The van der Waals surface area contributed by atoms with Crippen molar-refractivity contribution in [1.82, 2.24) is 15.2 Å². The van der Waals surface area contributed by atoms with E-state index in [0.29, 0.717) is 24.8 Å². The van der Waals surface area contributed by atoms with Crippen LogP contribution < -0.4 is 5.32 Å². The molecule has 4 saturated carbocycles. The number of nitrogens with zero attached hydrogens (tertiary/aromatic N) is 1. The van der Waals surface area contributed by atoms with Crippen LogP contribution in [0.3, 0.4) is 0 Å². The normalized spacial score (nSPS) is 25.6. The predicted octanol–water partition coefficient (Wildman–Crippen LogP) is 5.57. The Kier molecular flexibility index (Phi) is 7.97. The molecule has 1 heterocycles. The molecule has 1 aromatic heterocycles. The van der Waals surface area contributed by atoms with Gasteiger partial charge in [0.1, 0.15) is 11.6 Å². The Hall–Kier alpha value is -3.81. The van der Waals surface area contributed by atoms with Crippen LogP contribution in [0.1, 0.15) is 56.6 Å². The van der Waals surface area contributed by atoms with E-state index in [0.717, 1.165) is 59.5 Å². The molecule has 42 heavy (non-hydrogen) atoms. The summed E-state index contributed by atoms with van der Waals surface area (Å²) in [5.41, 5.74) is 1.56. The van der Waals surface area contributed by atoms with Crippen LogP contribution >= 0.6 is 0 Å². The first kappa shape index (κ1) is 28.3. The van der Waals surface area contributed by atoms with E-state index in [1.54, 1.807) is 11.8 Å². The average Bonchev–Trinajstić information content (AvgIpc) is 3.37. The maximum atomic E-state index is 14.4. The van der Waals surface area contributed by atoms with E-state index < -0.39 is 17.6 Å². The number of carbonyl (C=O) groups is 3. The van der Waals surface area contributed by atoms with Gasteiger partial charge in [0, 0.05) is 36.6 Å². The third kappa shape index (κ3) is 6.03. The van der Waals surface area contributed by atoms with Crippen LogP contribution in [0, 0.1) is 23.7 Å².